The zero-order valence-electron chi connectivity index (χ0n) is 12.2. The second kappa shape index (κ2) is 5.76. The minimum Gasteiger partial charge on any atom is -0.494 e. The molecule has 1 aliphatic heterocycles. The molecular weight excluding hydrogens is 282 g/mol. The third-order valence-corrected chi connectivity index (χ3v) is 3.70. The molecular formula is C15H17N5O2. The number of hydrogen-bond donors (Lipinski definition) is 1. The molecule has 22 heavy (non-hydrogen) atoms. The highest BCUT2D eigenvalue weighted by atomic mass is 16.5. The monoisotopic (exact) mass is 299 g/mol. The second-order valence-corrected chi connectivity index (χ2v) is 5.27. The molecule has 2 aromatic heterocycles. The standard InChI is InChI=1S/C15H17N5O2/c1-2-7-22-11-3-4-13-12(9-11)15(18-17-13)14-10-16-20(19-14)5-8-21-6-1/h3-4,9-10H,1-2,5-8H2,(H,17,18). The van der Waals surface area contributed by atoms with Crippen molar-refractivity contribution in [2.75, 3.05) is 19.8 Å². The Hall–Kier alpha value is -2.41. The van der Waals surface area contributed by atoms with Crippen molar-refractivity contribution in [1.29, 1.82) is 0 Å². The predicted octanol–water partition coefficient (Wildman–Crippen LogP) is 2.01. The molecule has 3 heterocycles. The molecule has 1 aliphatic rings. The smallest absolute Gasteiger partial charge is 0.133 e. The summed E-state index contributed by atoms with van der Waals surface area (Å²) in [7, 11) is 0. The van der Waals surface area contributed by atoms with Crippen molar-refractivity contribution in [3.05, 3.63) is 24.4 Å². The van der Waals surface area contributed by atoms with Gasteiger partial charge in [0.05, 0.1) is 31.5 Å². The molecule has 0 saturated carbocycles. The molecule has 7 nitrogen and oxygen atoms in total. The molecule has 0 spiro atoms. The van der Waals surface area contributed by atoms with Crippen molar-refractivity contribution in [3.63, 3.8) is 0 Å². The Morgan fingerprint density at radius 3 is 3.09 bits per heavy atom. The van der Waals surface area contributed by atoms with Crippen molar-refractivity contribution in [1.82, 2.24) is 25.2 Å². The van der Waals surface area contributed by atoms with E-state index in [1.807, 2.05) is 18.2 Å². The molecule has 7 heteroatoms. The molecule has 4 bridgehead atoms. The molecule has 0 aliphatic carbocycles. The zero-order valence-corrected chi connectivity index (χ0v) is 12.2. The Morgan fingerprint density at radius 2 is 2.09 bits per heavy atom. The lowest BCUT2D eigenvalue weighted by atomic mass is 10.1. The summed E-state index contributed by atoms with van der Waals surface area (Å²) in [6.45, 7) is 2.68. The maximum absolute atomic E-state index is 5.81. The highest BCUT2D eigenvalue weighted by molar-refractivity contribution is 5.92. The van der Waals surface area contributed by atoms with Gasteiger partial charge in [-0.15, -0.1) is 0 Å². The van der Waals surface area contributed by atoms with Gasteiger partial charge in [0.1, 0.15) is 17.1 Å². The minimum absolute atomic E-state index is 0.610. The molecule has 0 unspecified atom stereocenters. The minimum atomic E-state index is 0.610. The largest absolute Gasteiger partial charge is 0.494 e. The van der Waals surface area contributed by atoms with Crippen LogP contribution in [0.5, 0.6) is 5.75 Å². The van der Waals surface area contributed by atoms with Gasteiger partial charge in [-0.2, -0.15) is 20.1 Å². The summed E-state index contributed by atoms with van der Waals surface area (Å²) < 4.78 is 11.4. The maximum Gasteiger partial charge on any atom is 0.133 e. The first-order valence-electron chi connectivity index (χ1n) is 7.49. The molecule has 0 saturated heterocycles. The Kier molecular flexibility index (Phi) is 3.48. The fourth-order valence-electron chi connectivity index (χ4n) is 2.54. The van der Waals surface area contributed by atoms with Crippen molar-refractivity contribution in [2.24, 2.45) is 0 Å². The zero-order chi connectivity index (χ0) is 14.8. The highest BCUT2D eigenvalue weighted by Crippen LogP contribution is 2.28. The number of fused-ring (bicyclic) bond motifs is 4. The number of aromatic nitrogens is 5. The van der Waals surface area contributed by atoms with Crippen LogP contribution in [-0.4, -0.2) is 45.0 Å². The number of nitrogens with zero attached hydrogens (tertiary/aromatic N) is 4. The van der Waals surface area contributed by atoms with Gasteiger partial charge >= 0.3 is 0 Å². The van der Waals surface area contributed by atoms with Crippen LogP contribution in [0.25, 0.3) is 22.3 Å². The van der Waals surface area contributed by atoms with E-state index >= 15 is 0 Å². The molecule has 1 aromatic carbocycles. The van der Waals surface area contributed by atoms with E-state index < -0.39 is 0 Å². The predicted molar refractivity (Wildman–Crippen MR) is 80.7 cm³/mol. The molecule has 3 aromatic rings. The summed E-state index contributed by atoms with van der Waals surface area (Å²) in [4.78, 5) is 1.65. The average Bonchev–Trinajstić information content (AvgIpc) is 3.15. The van der Waals surface area contributed by atoms with Gasteiger partial charge in [0.25, 0.3) is 0 Å². The number of ether oxygens (including phenoxy) is 2. The van der Waals surface area contributed by atoms with Crippen LogP contribution in [0.4, 0.5) is 0 Å². The Morgan fingerprint density at radius 1 is 1.14 bits per heavy atom. The van der Waals surface area contributed by atoms with Gasteiger partial charge < -0.3 is 9.47 Å². The normalized spacial score (nSPS) is 16.2. The van der Waals surface area contributed by atoms with Crippen molar-refractivity contribution in [3.8, 4) is 17.1 Å². The summed E-state index contributed by atoms with van der Waals surface area (Å²) in [6, 6.07) is 5.94. The topological polar surface area (TPSA) is 77.9 Å². The molecule has 1 N–H and O–H groups in total. The summed E-state index contributed by atoms with van der Waals surface area (Å²) in [5, 5.41) is 17.1. The summed E-state index contributed by atoms with van der Waals surface area (Å²) in [5.74, 6) is 0.846. The SMILES string of the molecule is c1cc2[nH]nc3c2cc1OCCCCOCCn1ncc-3n1. The van der Waals surface area contributed by atoms with Crippen LogP contribution in [0, 0.1) is 0 Å². The summed E-state index contributed by atoms with van der Waals surface area (Å²) in [6.07, 6.45) is 3.69. The lowest BCUT2D eigenvalue weighted by Gasteiger charge is -2.07. The van der Waals surface area contributed by atoms with Crippen LogP contribution >= 0.6 is 0 Å². The van der Waals surface area contributed by atoms with Crippen molar-refractivity contribution in [2.45, 2.75) is 19.4 Å². The maximum atomic E-state index is 5.81. The van der Waals surface area contributed by atoms with Crippen LogP contribution in [0.2, 0.25) is 0 Å². The first-order valence-corrected chi connectivity index (χ1v) is 7.49. The van der Waals surface area contributed by atoms with Gasteiger partial charge in [0.15, 0.2) is 0 Å². The van der Waals surface area contributed by atoms with E-state index in [2.05, 4.69) is 20.4 Å². The number of aromatic amines is 1. The van der Waals surface area contributed by atoms with E-state index in [0.29, 0.717) is 19.8 Å². The first-order chi connectivity index (χ1) is 10.9. The van der Waals surface area contributed by atoms with Crippen LogP contribution in [-0.2, 0) is 11.3 Å². The highest BCUT2D eigenvalue weighted by Gasteiger charge is 2.13. The lowest BCUT2D eigenvalue weighted by molar-refractivity contribution is 0.114. The molecule has 114 valence electrons. The number of H-pyrrole nitrogens is 1. The Labute approximate surface area is 127 Å². The van der Waals surface area contributed by atoms with Gasteiger partial charge in [0.2, 0.25) is 0 Å². The summed E-state index contributed by atoms with van der Waals surface area (Å²) >= 11 is 0. The number of rotatable bonds is 0. The quantitative estimate of drug-likeness (QED) is 0.687. The van der Waals surface area contributed by atoms with Gasteiger partial charge in [-0.25, -0.2) is 0 Å². The molecule has 0 fully saturated rings. The number of benzene rings is 1. The van der Waals surface area contributed by atoms with Crippen LogP contribution in [0.15, 0.2) is 24.4 Å². The molecule has 0 amide bonds. The van der Waals surface area contributed by atoms with E-state index in [0.717, 1.165) is 47.5 Å². The van der Waals surface area contributed by atoms with Gasteiger partial charge in [-0.05, 0) is 31.0 Å². The van der Waals surface area contributed by atoms with E-state index in [9.17, 15) is 0 Å². The van der Waals surface area contributed by atoms with Crippen LogP contribution < -0.4 is 4.74 Å². The summed E-state index contributed by atoms with van der Waals surface area (Å²) in [5.41, 5.74) is 2.50. The second-order valence-electron chi connectivity index (χ2n) is 5.27. The molecule has 0 atom stereocenters. The molecule has 4 rings (SSSR count). The van der Waals surface area contributed by atoms with Crippen molar-refractivity contribution >= 4 is 10.9 Å². The number of nitrogens with one attached hydrogen (secondary N) is 1. The van der Waals surface area contributed by atoms with E-state index in [-0.39, 0.29) is 0 Å². The third kappa shape index (κ3) is 2.55. The van der Waals surface area contributed by atoms with E-state index in [1.165, 1.54) is 0 Å². The Bertz CT molecular complexity index is 779. The van der Waals surface area contributed by atoms with Crippen LogP contribution in [0.1, 0.15) is 12.8 Å². The van der Waals surface area contributed by atoms with Gasteiger partial charge in [-0.3, -0.25) is 5.10 Å². The van der Waals surface area contributed by atoms with E-state index in [4.69, 9.17) is 9.47 Å². The van der Waals surface area contributed by atoms with E-state index in [1.54, 1.807) is 11.0 Å². The molecule has 0 radical (unpaired) electrons. The number of hydrogen-bond acceptors (Lipinski definition) is 5. The Balaban J connectivity index is 1.75. The first kappa shape index (κ1) is 13.3. The average molecular weight is 299 g/mol. The van der Waals surface area contributed by atoms with Gasteiger partial charge in [0, 0.05) is 12.0 Å². The van der Waals surface area contributed by atoms with Gasteiger partial charge in [-0.1, -0.05) is 0 Å². The fraction of sp³-hybridized carbons (Fsp3) is 0.400. The lowest BCUT2D eigenvalue weighted by Crippen LogP contribution is -2.10. The van der Waals surface area contributed by atoms with Crippen LogP contribution in [0.3, 0.4) is 0 Å². The third-order valence-electron chi connectivity index (χ3n) is 3.70. The fourth-order valence-corrected chi connectivity index (χ4v) is 2.54. The van der Waals surface area contributed by atoms with Crippen molar-refractivity contribution < 1.29 is 9.47 Å².